The Hall–Kier alpha value is -3.82. The lowest BCUT2D eigenvalue weighted by Gasteiger charge is -2.34. The standard InChI is InChI=1S/C31H39N9/c1-32-31(36-28-9-10-33-21-29(28)40-13-11-39(2)12-14-40)30-26-16-24(7-8-27(26)37-38-30)25-15-23(19-35-20-25)18-34-17-22-5-3-4-6-22/h7-10,15-16,19-22,34H,3-6,11-14,17-18H2,1-2H3,(H,37,38)(H,32,33,36). The predicted octanol–water partition coefficient (Wildman–Crippen LogP) is 4.35. The fraction of sp³-hybridized carbons (Fsp3) is 0.419. The number of anilines is 1. The lowest BCUT2D eigenvalue weighted by molar-refractivity contribution is 0.313. The highest BCUT2D eigenvalue weighted by Crippen LogP contribution is 2.30. The molecule has 3 aromatic heterocycles. The number of nitrogens with one attached hydrogen (secondary N) is 3. The van der Waals surface area contributed by atoms with E-state index in [1.807, 2.05) is 31.7 Å². The molecule has 4 heterocycles. The van der Waals surface area contributed by atoms with E-state index in [0.717, 1.165) is 84.3 Å². The highest BCUT2D eigenvalue weighted by molar-refractivity contribution is 6.09. The molecule has 0 spiro atoms. The monoisotopic (exact) mass is 537 g/mol. The molecule has 1 aliphatic heterocycles. The third-order valence-electron chi connectivity index (χ3n) is 8.24. The topological polar surface area (TPSA) is 97.4 Å². The molecule has 6 rings (SSSR count). The molecule has 1 aliphatic carbocycles. The van der Waals surface area contributed by atoms with Crippen LogP contribution in [0, 0.1) is 5.92 Å². The summed E-state index contributed by atoms with van der Waals surface area (Å²) < 4.78 is 0. The van der Waals surface area contributed by atoms with Crippen LogP contribution in [0.3, 0.4) is 0 Å². The second kappa shape index (κ2) is 12.1. The Labute approximate surface area is 236 Å². The SMILES string of the molecule is CN/C(=N\c1ccncc1N1CCN(C)CC1)c1n[nH]c2ccc(-c3cncc(CNCC4CCCC4)c3)cc12. The first-order valence-electron chi connectivity index (χ1n) is 14.5. The molecule has 9 heteroatoms. The van der Waals surface area contributed by atoms with Gasteiger partial charge in [-0.05, 0) is 67.7 Å². The third-order valence-corrected chi connectivity index (χ3v) is 8.24. The Morgan fingerprint density at radius 1 is 1.00 bits per heavy atom. The zero-order valence-electron chi connectivity index (χ0n) is 23.5. The van der Waals surface area contributed by atoms with Gasteiger partial charge in [0.15, 0.2) is 5.84 Å². The number of H-pyrrole nitrogens is 1. The number of aromatic amines is 1. The van der Waals surface area contributed by atoms with Gasteiger partial charge in [-0.2, -0.15) is 5.10 Å². The number of benzene rings is 1. The van der Waals surface area contributed by atoms with Gasteiger partial charge in [0.25, 0.3) is 0 Å². The van der Waals surface area contributed by atoms with Crippen LogP contribution >= 0.6 is 0 Å². The maximum Gasteiger partial charge on any atom is 0.155 e. The Kier molecular flexibility index (Phi) is 8.02. The molecular formula is C31H39N9. The Balaban J connectivity index is 1.26. The van der Waals surface area contributed by atoms with Gasteiger partial charge >= 0.3 is 0 Å². The van der Waals surface area contributed by atoms with Crippen molar-refractivity contribution in [2.75, 3.05) is 51.7 Å². The van der Waals surface area contributed by atoms with Crippen LogP contribution in [0.5, 0.6) is 0 Å². The number of aromatic nitrogens is 4. The third kappa shape index (κ3) is 5.85. The summed E-state index contributed by atoms with van der Waals surface area (Å²) in [6.45, 7) is 5.89. The van der Waals surface area contributed by atoms with Crippen molar-refractivity contribution in [2.45, 2.75) is 32.2 Å². The van der Waals surface area contributed by atoms with E-state index < -0.39 is 0 Å². The largest absolute Gasteiger partial charge is 0.371 e. The van der Waals surface area contributed by atoms with Gasteiger partial charge in [-0.25, -0.2) is 4.99 Å². The van der Waals surface area contributed by atoms with E-state index in [4.69, 9.17) is 4.99 Å². The van der Waals surface area contributed by atoms with Crippen LogP contribution in [0.2, 0.25) is 0 Å². The van der Waals surface area contributed by atoms with E-state index in [-0.39, 0.29) is 0 Å². The molecule has 0 atom stereocenters. The van der Waals surface area contributed by atoms with Gasteiger partial charge < -0.3 is 20.4 Å². The van der Waals surface area contributed by atoms with E-state index in [1.165, 1.54) is 31.2 Å². The molecule has 9 nitrogen and oxygen atoms in total. The molecule has 3 N–H and O–H groups in total. The lowest BCUT2D eigenvalue weighted by Crippen LogP contribution is -2.44. The summed E-state index contributed by atoms with van der Waals surface area (Å²) in [6.07, 6.45) is 13.1. The van der Waals surface area contributed by atoms with Gasteiger partial charge in [0, 0.05) is 69.3 Å². The van der Waals surface area contributed by atoms with Gasteiger partial charge in [-0.3, -0.25) is 15.1 Å². The molecule has 0 unspecified atom stereocenters. The molecule has 0 radical (unpaired) electrons. The van der Waals surface area contributed by atoms with E-state index in [1.54, 1.807) is 6.20 Å². The van der Waals surface area contributed by atoms with Crippen molar-refractivity contribution in [1.29, 1.82) is 0 Å². The van der Waals surface area contributed by atoms with Crippen molar-refractivity contribution in [3.8, 4) is 11.1 Å². The van der Waals surface area contributed by atoms with E-state index in [9.17, 15) is 0 Å². The van der Waals surface area contributed by atoms with Gasteiger partial charge in [0.2, 0.25) is 0 Å². The molecule has 0 amide bonds. The number of nitrogens with zero attached hydrogens (tertiary/aromatic N) is 6. The zero-order valence-corrected chi connectivity index (χ0v) is 23.5. The Bertz CT molecular complexity index is 1460. The number of rotatable bonds is 8. The molecule has 1 aromatic carbocycles. The van der Waals surface area contributed by atoms with Crippen LogP contribution in [0.4, 0.5) is 11.4 Å². The molecule has 0 bridgehead atoms. The second-order valence-electron chi connectivity index (χ2n) is 11.1. The number of hydrogen-bond donors (Lipinski definition) is 3. The maximum atomic E-state index is 5.05. The first kappa shape index (κ1) is 26.4. The predicted molar refractivity (Wildman–Crippen MR) is 162 cm³/mol. The van der Waals surface area contributed by atoms with Crippen LogP contribution in [-0.4, -0.2) is 77.7 Å². The first-order valence-corrected chi connectivity index (χ1v) is 14.5. The van der Waals surface area contributed by atoms with Crippen LogP contribution in [0.15, 0.2) is 60.1 Å². The molecule has 40 heavy (non-hydrogen) atoms. The van der Waals surface area contributed by atoms with E-state index >= 15 is 0 Å². The fourth-order valence-corrected chi connectivity index (χ4v) is 5.86. The average molecular weight is 538 g/mol. The van der Waals surface area contributed by atoms with Crippen LogP contribution < -0.4 is 15.5 Å². The summed E-state index contributed by atoms with van der Waals surface area (Å²) in [5.41, 5.74) is 7.11. The minimum absolute atomic E-state index is 0.716. The molecule has 1 saturated heterocycles. The molecule has 2 aliphatic rings. The smallest absolute Gasteiger partial charge is 0.155 e. The van der Waals surface area contributed by atoms with Gasteiger partial charge in [-0.15, -0.1) is 0 Å². The van der Waals surface area contributed by atoms with Crippen LogP contribution in [-0.2, 0) is 6.54 Å². The quantitative estimate of drug-likeness (QED) is 0.227. The Morgan fingerprint density at radius 3 is 2.67 bits per heavy atom. The normalized spacial score (nSPS) is 17.1. The fourth-order valence-electron chi connectivity index (χ4n) is 5.86. The summed E-state index contributed by atoms with van der Waals surface area (Å²) in [6, 6.07) is 10.6. The summed E-state index contributed by atoms with van der Waals surface area (Å²) in [4.78, 5) is 18.7. The summed E-state index contributed by atoms with van der Waals surface area (Å²) in [5, 5.41) is 15.8. The average Bonchev–Trinajstić information content (AvgIpc) is 3.67. The Morgan fingerprint density at radius 2 is 1.85 bits per heavy atom. The van der Waals surface area contributed by atoms with Crippen molar-refractivity contribution in [2.24, 2.45) is 10.9 Å². The van der Waals surface area contributed by atoms with Crippen molar-refractivity contribution >= 4 is 28.1 Å². The maximum absolute atomic E-state index is 5.05. The summed E-state index contributed by atoms with van der Waals surface area (Å²) >= 11 is 0. The number of aliphatic imine (C=N–C) groups is 1. The first-order chi connectivity index (χ1) is 19.7. The van der Waals surface area contributed by atoms with Crippen molar-refractivity contribution in [3.63, 3.8) is 0 Å². The lowest BCUT2D eigenvalue weighted by atomic mass is 10.0. The second-order valence-corrected chi connectivity index (χ2v) is 11.1. The highest BCUT2D eigenvalue weighted by Gasteiger charge is 2.19. The molecular weight excluding hydrogens is 498 g/mol. The zero-order chi connectivity index (χ0) is 27.3. The van der Waals surface area contributed by atoms with Gasteiger partial charge in [0.05, 0.1) is 23.1 Å². The van der Waals surface area contributed by atoms with Gasteiger partial charge in [-0.1, -0.05) is 18.9 Å². The van der Waals surface area contributed by atoms with Gasteiger partial charge in [0.1, 0.15) is 5.69 Å². The summed E-state index contributed by atoms with van der Waals surface area (Å²) in [7, 11) is 4.06. The molecule has 1 saturated carbocycles. The summed E-state index contributed by atoms with van der Waals surface area (Å²) in [5.74, 6) is 1.54. The number of fused-ring (bicyclic) bond motifs is 1. The van der Waals surface area contributed by atoms with Crippen molar-refractivity contribution in [3.05, 3.63) is 66.4 Å². The molecule has 4 aromatic rings. The minimum atomic E-state index is 0.716. The van der Waals surface area contributed by atoms with Crippen LogP contribution in [0.25, 0.3) is 22.0 Å². The van der Waals surface area contributed by atoms with Crippen molar-refractivity contribution in [1.82, 2.24) is 35.7 Å². The van der Waals surface area contributed by atoms with Crippen LogP contribution in [0.1, 0.15) is 36.9 Å². The van der Waals surface area contributed by atoms with Crippen molar-refractivity contribution < 1.29 is 0 Å². The highest BCUT2D eigenvalue weighted by atomic mass is 15.3. The molecule has 2 fully saturated rings. The van der Waals surface area contributed by atoms with E-state index in [2.05, 4.69) is 71.9 Å². The molecule has 208 valence electrons. The minimum Gasteiger partial charge on any atom is -0.371 e. The van der Waals surface area contributed by atoms with E-state index in [0.29, 0.717) is 5.84 Å². The number of amidine groups is 1. The number of hydrogen-bond acceptors (Lipinski definition) is 7. The number of pyridine rings is 2. The number of likely N-dealkylation sites (N-methyl/N-ethyl adjacent to an activating group) is 1. The number of piperazine rings is 1.